The zero-order chi connectivity index (χ0) is 15.4. The van der Waals surface area contributed by atoms with Gasteiger partial charge in [0.2, 0.25) is 0 Å². The summed E-state index contributed by atoms with van der Waals surface area (Å²) in [6.07, 6.45) is 0. The topological polar surface area (TPSA) is 51.2 Å². The van der Waals surface area contributed by atoms with E-state index in [1.54, 1.807) is 25.3 Å². The highest BCUT2D eigenvalue weighted by molar-refractivity contribution is 7.09. The van der Waals surface area contributed by atoms with E-state index in [0.29, 0.717) is 11.4 Å². The number of thiazole rings is 1. The van der Waals surface area contributed by atoms with Gasteiger partial charge in [-0.25, -0.2) is 14.2 Å². The van der Waals surface area contributed by atoms with Crippen LogP contribution in [0.15, 0.2) is 23.6 Å². The number of esters is 1. The van der Waals surface area contributed by atoms with E-state index in [9.17, 15) is 9.18 Å². The van der Waals surface area contributed by atoms with Crippen LogP contribution >= 0.6 is 11.3 Å². The van der Waals surface area contributed by atoms with Gasteiger partial charge in [0.15, 0.2) is 6.04 Å². The highest BCUT2D eigenvalue weighted by Crippen LogP contribution is 2.24. The molecule has 1 atom stereocenters. The van der Waals surface area contributed by atoms with Crippen LogP contribution in [0.1, 0.15) is 29.2 Å². The normalized spacial score (nSPS) is 12.0. The summed E-state index contributed by atoms with van der Waals surface area (Å²) in [5, 5.41) is 5.66. The fraction of sp³-hybridized carbons (Fsp3) is 0.333. The molecule has 1 N–H and O–H groups in total. The second kappa shape index (κ2) is 6.67. The molecule has 0 aliphatic carbocycles. The average Bonchev–Trinajstić information content (AvgIpc) is 2.81. The van der Waals surface area contributed by atoms with Crippen LogP contribution in [-0.2, 0) is 9.53 Å². The zero-order valence-corrected chi connectivity index (χ0v) is 13.0. The number of aromatic nitrogens is 1. The summed E-state index contributed by atoms with van der Waals surface area (Å²) in [5.41, 5.74) is 1.88. The van der Waals surface area contributed by atoms with E-state index in [0.717, 1.165) is 10.6 Å². The molecule has 1 unspecified atom stereocenters. The second-order valence-electron chi connectivity index (χ2n) is 4.64. The molecule has 6 heteroatoms. The molecule has 21 heavy (non-hydrogen) atoms. The Labute approximate surface area is 127 Å². The van der Waals surface area contributed by atoms with Gasteiger partial charge in [0, 0.05) is 11.1 Å². The summed E-state index contributed by atoms with van der Waals surface area (Å²) < 4.78 is 18.5. The van der Waals surface area contributed by atoms with Crippen molar-refractivity contribution in [2.24, 2.45) is 0 Å². The van der Waals surface area contributed by atoms with E-state index in [-0.39, 0.29) is 12.4 Å². The third kappa shape index (κ3) is 4.01. The number of halogens is 1. The lowest BCUT2D eigenvalue weighted by molar-refractivity contribution is -0.144. The Balaban J connectivity index is 2.29. The highest BCUT2D eigenvalue weighted by atomic mass is 32.1. The van der Waals surface area contributed by atoms with Gasteiger partial charge in [0.1, 0.15) is 5.82 Å². The molecule has 1 aromatic heterocycles. The number of nitrogens with one attached hydrogen (secondary N) is 1. The molecule has 4 nitrogen and oxygen atoms in total. The smallest absolute Gasteiger partial charge is 0.334 e. The number of nitrogens with zero attached hydrogens (tertiary/aromatic N) is 1. The van der Waals surface area contributed by atoms with Crippen LogP contribution in [0.2, 0.25) is 0 Å². The van der Waals surface area contributed by atoms with Crippen molar-refractivity contribution < 1.29 is 13.9 Å². The first-order valence-electron chi connectivity index (χ1n) is 6.62. The molecule has 112 valence electrons. The Morgan fingerprint density at radius 2 is 2.19 bits per heavy atom. The number of aryl methyl sites for hydroxylation is 2. The Kier molecular flexibility index (Phi) is 4.90. The van der Waals surface area contributed by atoms with Crippen molar-refractivity contribution in [3.8, 4) is 0 Å². The summed E-state index contributed by atoms with van der Waals surface area (Å²) in [7, 11) is 0. The fourth-order valence-electron chi connectivity index (χ4n) is 1.98. The maximum Gasteiger partial charge on any atom is 0.334 e. The van der Waals surface area contributed by atoms with Gasteiger partial charge in [-0.05, 0) is 44.5 Å². The van der Waals surface area contributed by atoms with Gasteiger partial charge in [-0.1, -0.05) is 0 Å². The molecular weight excluding hydrogens is 291 g/mol. The molecule has 0 saturated carbocycles. The number of carbonyl (C=O) groups is 1. The largest absolute Gasteiger partial charge is 0.464 e. The third-order valence-electron chi connectivity index (χ3n) is 2.81. The monoisotopic (exact) mass is 308 g/mol. The minimum absolute atomic E-state index is 0.280. The summed E-state index contributed by atoms with van der Waals surface area (Å²) in [6, 6.07) is 3.81. The highest BCUT2D eigenvalue weighted by Gasteiger charge is 2.24. The second-order valence-corrected chi connectivity index (χ2v) is 5.70. The van der Waals surface area contributed by atoms with Crippen LogP contribution in [0.25, 0.3) is 0 Å². The third-order valence-corrected chi connectivity index (χ3v) is 3.60. The quantitative estimate of drug-likeness (QED) is 0.857. The Morgan fingerprint density at radius 3 is 2.76 bits per heavy atom. The van der Waals surface area contributed by atoms with E-state index in [1.807, 2.05) is 6.92 Å². The zero-order valence-electron chi connectivity index (χ0n) is 12.1. The molecular formula is C15H17FN2O2S. The lowest BCUT2D eigenvalue weighted by atomic mass is 10.1. The predicted octanol–water partition coefficient (Wildman–Crippen LogP) is 3.62. The van der Waals surface area contributed by atoms with Crippen LogP contribution in [0, 0.1) is 19.7 Å². The molecule has 0 bridgehead atoms. The number of hydrogen-bond donors (Lipinski definition) is 1. The Hall–Kier alpha value is -1.95. The van der Waals surface area contributed by atoms with Gasteiger partial charge in [0.05, 0.1) is 17.3 Å². The Bertz CT molecular complexity index is 622. The minimum atomic E-state index is -0.740. The van der Waals surface area contributed by atoms with E-state index in [1.165, 1.54) is 23.5 Å². The molecule has 0 saturated heterocycles. The number of ether oxygens (including phenoxy) is 1. The van der Waals surface area contributed by atoms with Gasteiger partial charge in [-0.15, -0.1) is 11.3 Å². The molecule has 2 aromatic rings. The average molecular weight is 308 g/mol. The molecule has 1 heterocycles. The van der Waals surface area contributed by atoms with Crippen LogP contribution < -0.4 is 5.32 Å². The van der Waals surface area contributed by atoms with Crippen LogP contribution in [0.4, 0.5) is 10.1 Å². The molecule has 0 amide bonds. The van der Waals surface area contributed by atoms with E-state index >= 15 is 0 Å². The molecule has 0 aliphatic heterocycles. The van der Waals surface area contributed by atoms with Crippen molar-refractivity contribution in [3.05, 3.63) is 45.7 Å². The summed E-state index contributed by atoms with van der Waals surface area (Å²) >= 11 is 1.45. The lowest BCUT2D eigenvalue weighted by Gasteiger charge is -2.17. The lowest BCUT2D eigenvalue weighted by Crippen LogP contribution is -2.24. The number of benzene rings is 1. The van der Waals surface area contributed by atoms with Crippen LogP contribution in [-0.4, -0.2) is 17.6 Å². The molecule has 0 fully saturated rings. The van der Waals surface area contributed by atoms with Crippen molar-refractivity contribution in [1.82, 2.24) is 4.98 Å². The fourth-order valence-corrected chi connectivity index (χ4v) is 2.62. The van der Waals surface area contributed by atoms with Crippen LogP contribution in [0.5, 0.6) is 0 Å². The van der Waals surface area contributed by atoms with E-state index in [2.05, 4.69) is 10.3 Å². The van der Waals surface area contributed by atoms with Crippen molar-refractivity contribution in [3.63, 3.8) is 0 Å². The van der Waals surface area contributed by atoms with Gasteiger partial charge in [-0.3, -0.25) is 0 Å². The van der Waals surface area contributed by atoms with E-state index < -0.39 is 12.0 Å². The number of carbonyl (C=O) groups excluding carboxylic acids is 1. The molecule has 0 spiro atoms. The molecule has 0 radical (unpaired) electrons. The number of rotatable bonds is 5. The summed E-state index contributed by atoms with van der Waals surface area (Å²) in [6.45, 7) is 5.68. The molecule has 1 aromatic carbocycles. The predicted molar refractivity (Wildman–Crippen MR) is 81.0 cm³/mol. The van der Waals surface area contributed by atoms with Crippen molar-refractivity contribution in [2.75, 3.05) is 11.9 Å². The molecule has 2 rings (SSSR count). The van der Waals surface area contributed by atoms with E-state index in [4.69, 9.17) is 4.74 Å². The van der Waals surface area contributed by atoms with Gasteiger partial charge >= 0.3 is 5.97 Å². The first kappa shape index (κ1) is 15.4. The SMILES string of the molecule is CCOC(=O)C(Nc1cc(C)cc(F)c1)c1csc(C)n1. The van der Waals surface area contributed by atoms with Gasteiger partial charge in [-0.2, -0.15) is 0 Å². The van der Waals surface area contributed by atoms with Crippen LogP contribution in [0.3, 0.4) is 0 Å². The number of anilines is 1. The first-order chi connectivity index (χ1) is 9.99. The maximum atomic E-state index is 13.5. The van der Waals surface area contributed by atoms with Crippen molar-refractivity contribution >= 4 is 23.0 Å². The van der Waals surface area contributed by atoms with Gasteiger partial charge in [0.25, 0.3) is 0 Å². The number of hydrogen-bond acceptors (Lipinski definition) is 5. The Morgan fingerprint density at radius 1 is 1.43 bits per heavy atom. The summed E-state index contributed by atoms with van der Waals surface area (Å²) in [4.78, 5) is 16.4. The first-order valence-corrected chi connectivity index (χ1v) is 7.50. The van der Waals surface area contributed by atoms with Crippen molar-refractivity contribution in [2.45, 2.75) is 26.8 Å². The maximum absolute atomic E-state index is 13.5. The standard InChI is InChI=1S/C15H17FN2O2S/c1-4-20-15(19)14(13-8-21-10(3)17-13)18-12-6-9(2)5-11(16)7-12/h5-8,14,18H,4H2,1-3H3. The minimum Gasteiger partial charge on any atom is -0.464 e. The van der Waals surface area contributed by atoms with Gasteiger partial charge < -0.3 is 10.1 Å². The summed E-state index contributed by atoms with van der Waals surface area (Å²) in [5.74, 6) is -0.778. The molecule has 0 aliphatic rings. The van der Waals surface area contributed by atoms with Crippen molar-refractivity contribution in [1.29, 1.82) is 0 Å².